The van der Waals surface area contributed by atoms with Gasteiger partial charge >= 0.3 is 0 Å². The third kappa shape index (κ3) is 4.10. The van der Waals surface area contributed by atoms with Gasteiger partial charge in [-0.25, -0.2) is 0 Å². The zero-order chi connectivity index (χ0) is 12.7. The van der Waals surface area contributed by atoms with E-state index in [9.17, 15) is 4.79 Å². The molecule has 1 rings (SSSR count). The second kappa shape index (κ2) is 6.94. The Labute approximate surface area is 104 Å². The number of hydrogen-bond donors (Lipinski definition) is 1. The van der Waals surface area contributed by atoms with Crippen molar-refractivity contribution < 1.29 is 4.79 Å². The van der Waals surface area contributed by atoms with Crippen LogP contribution >= 0.6 is 0 Å². The molecule has 0 atom stereocenters. The van der Waals surface area contributed by atoms with Crippen LogP contribution in [0.3, 0.4) is 0 Å². The van der Waals surface area contributed by atoms with Crippen LogP contribution in [-0.2, 0) is 4.79 Å². The van der Waals surface area contributed by atoms with E-state index in [1.165, 1.54) is 5.69 Å². The van der Waals surface area contributed by atoms with Crippen LogP contribution in [-0.4, -0.2) is 19.0 Å². The lowest BCUT2D eigenvalue weighted by Crippen LogP contribution is -2.21. The van der Waals surface area contributed by atoms with Crippen molar-refractivity contribution in [1.29, 1.82) is 0 Å². The molecule has 0 saturated carbocycles. The summed E-state index contributed by atoms with van der Waals surface area (Å²) in [6, 6.07) is 8.02. The summed E-state index contributed by atoms with van der Waals surface area (Å²) < 4.78 is 0. The fraction of sp³-hybridized carbons (Fsp3) is 0.500. The van der Waals surface area contributed by atoms with Crippen LogP contribution < -0.4 is 10.2 Å². The quantitative estimate of drug-likeness (QED) is 0.819. The van der Waals surface area contributed by atoms with E-state index in [1.807, 2.05) is 19.1 Å². The van der Waals surface area contributed by atoms with Crippen molar-refractivity contribution in [3.63, 3.8) is 0 Å². The van der Waals surface area contributed by atoms with Gasteiger partial charge < -0.3 is 10.2 Å². The van der Waals surface area contributed by atoms with E-state index >= 15 is 0 Å². The van der Waals surface area contributed by atoms with Crippen LogP contribution in [0.5, 0.6) is 0 Å². The van der Waals surface area contributed by atoms with Crippen LogP contribution in [0, 0.1) is 0 Å². The zero-order valence-corrected chi connectivity index (χ0v) is 11.0. The van der Waals surface area contributed by atoms with Gasteiger partial charge in [0.1, 0.15) is 0 Å². The highest BCUT2D eigenvalue weighted by Crippen LogP contribution is 2.17. The number of nitrogens with zero attached hydrogens (tertiary/aromatic N) is 1. The van der Waals surface area contributed by atoms with Crippen LogP contribution in [0.1, 0.15) is 33.6 Å². The summed E-state index contributed by atoms with van der Waals surface area (Å²) in [6.45, 7) is 8.28. The molecule has 3 heteroatoms. The molecule has 1 N–H and O–H groups in total. The van der Waals surface area contributed by atoms with E-state index in [0.29, 0.717) is 6.42 Å². The standard InChI is InChI=1S/C14H22N2O/c1-4-7-14(17)15-12-8-10-13(11-9-12)16(5-2)6-3/h8-11H,4-7H2,1-3H3,(H,15,17). The van der Waals surface area contributed by atoms with Crippen molar-refractivity contribution in [1.82, 2.24) is 0 Å². The molecule has 0 aromatic heterocycles. The summed E-state index contributed by atoms with van der Waals surface area (Å²) >= 11 is 0. The van der Waals surface area contributed by atoms with Gasteiger partial charge in [0.15, 0.2) is 0 Å². The Balaban J connectivity index is 2.64. The Morgan fingerprint density at radius 1 is 1.12 bits per heavy atom. The average Bonchev–Trinajstić information content (AvgIpc) is 2.33. The molecule has 0 spiro atoms. The summed E-state index contributed by atoms with van der Waals surface area (Å²) in [5.41, 5.74) is 2.07. The summed E-state index contributed by atoms with van der Waals surface area (Å²) in [5, 5.41) is 2.89. The van der Waals surface area contributed by atoms with Crippen molar-refractivity contribution in [3.8, 4) is 0 Å². The van der Waals surface area contributed by atoms with Gasteiger partial charge in [0.05, 0.1) is 0 Å². The highest BCUT2D eigenvalue weighted by Gasteiger charge is 2.03. The van der Waals surface area contributed by atoms with E-state index in [4.69, 9.17) is 0 Å². The second-order valence-corrected chi connectivity index (χ2v) is 4.02. The van der Waals surface area contributed by atoms with Crippen molar-refractivity contribution in [2.75, 3.05) is 23.3 Å². The Kier molecular flexibility index (Phi) is 5.53. The molecule has 0 unspecified atom stereocenters. The number of nitrogens with one attached hydrogen (secondary N) is 1. The third-order valence-corrected chi connectivity index (χ3v) is 2.76. The zero-order valence-electron chi connectivity index (χ0n) is 11.0. The maximum absolute atomic E-state index is 11.4. The van der Waals surface area contributed by atoms with Crippen LogP contribution in [0.15, 0.2) is 24.3 Å². The minimum Gasteiger partial charge on any atom is -0.372 e. The lowest BCUT2D eigenvalue weighted by molar-refractivity contribution is -0.116. The number of rotatable bonds is 6. The van der Waals surface area contributed by atoms with Crippen molar-refractivity contribution in [2.45, 2.75) is 33.6 Å². The molecule has 1 aromatic carbocycles. The average molecular weight is 234 g/mol. The third-order valence-electron chi connectivity index (χ3n) is 2.76. The van der Waals surface area contributed by atoms with Crippen LogP contribution in [0.4, 0.5) is 11.4 Å². The van der Waals surface area contributed by atoms with E-state index in [2.05, 4.69) is 36.2 Å². The Hall–Kier alpha value is -1.51. The maximum Gasteiger partial charge on any atom is 0.224 e. The van der Waals surface area contributed by atoms with Crippen molar-refractivity contribution in [3.05, 3.63) is 24.3 Å². The Bertz CT molecular complexity index is 342. The number of benzene rings is 1. The van der Waals surface area contributed by atoms with Crippen LogP contribution in [0.2, 0.25) is 0 Å². The topological polar surface area (TPSA) is 32.3 Å². The second-order valence-electron chi connectivity index (χ2n) is 4.02. The molecule has 0 saturated heterocycles. The minimum atomic E-state index is 0.0862. The summed E-state index contributed by atoms with van der Waals surface area (Å²) in [4.78, 5) is 13.7. The highest BCUT2D eigenvalue weighted by atomic mass is 16.1. The number of hydrogen-bond acceptors (Lipinski definition) is 2. The monoisotopic (exact) mass is 234 g/mol. The normalized spacial score (nSPS) is 10.1. The highest BCUT2D eigenvalue weighted by molar-refractivity contribution is 5.90. The molecule has 0 radical (unpaired) electrons. The SMILES string of the molecule is CCCC(=O)Nc1ccc(N(CC)CC)cc1. The number of carbonyl (C=O) groups excluding carboxylic acids is 1. The minimum absolute atomic E-state index is 0.0862. The van der Waals surface area contributed by atoms with E-state index < -0.39 is 0 Å². The van der Waals surface area contributed by atoms with E-state index in [0.717, 1.165) is 25.2 Å². The Morgan fingerprint density at radius 2 is 1.71 bits per heavy atom. The van der Waals surface area contributed by atoms with Gasteiger partial charge in [0.25, 0.3) is 0 Å². The summed E-state index contributed by atoms with van der Waals surface area (Å²) in [5.74, 6) is 0.0862. The lowest BCUT2D eigenvalue weighted by Gasteiger charge is -2.21. The molecule has 17 heavy (non-hydrogen) atoms. The van der Waals surface area contributed by atoms with E-state index in [-0.39, 0.29) is 5.91 Å². The molecule has 0 heterocycles. The van der Waals surface area contributed by atoms with Crippen LogP contribution in [0.25, 0.3) is 0 Å². The summed E-state index contributed by atoms with van der Waals surface area (Å²) in [6.07, 6.45) is 1.46. The fourth-order valence-corrected chi connectivity index (χ4v) is 1.79. The fourth-order valence-electron chi connectivity index (χ4n) is 1.79. The molecule has 3 nitrogen and oxygen atoms in total. The smallest absolute Gasteiger partial charge is 0.224 e. The van der Waals surface area contributed by atoms with Gasteiger partial charge in [-0.05, 0) is 44.5 Å². The largest absolute Gasteiger partial charge is 0.372 e. The lowest BCUT2D eigenvalue weighted by atomic mass is 10.2. The molecule has 0 fully saturated rings. The summed E-state index contributed by atoms with van der Waals surface area (Å²) in [7, 11) is 0. The van der Waals surface area contributed by atoms with Gasteiger partial charge in [-0.15, -0.1) is 0 Å². The first-order valence-electron chi connectivity index (χ1n) is 6.36. The van der Waals surface area contributed by atoms with Gasteiger partial charge in [-0.1, -0.05) is 6.92 Å². The van der Waals surface area contributed by atoms with Crippen molar-refractivity contribution >= 4 is 17.3 Å². The molecule has 0 aliphatic heterocycles. The number of anilines is 2. The van der Waals surface area contributed by atoms with Gasteiger partial charge in [-0.3, -0.25) is 4.79 Å². The molecular formula is C14H22N2O. The molecule has 94 valence electrons. The Morgan fingerprint density at radius 3 is 2.18 bits per heavy atom. The predicted molar refractivity (Wildman–Crippen MR) is 73.5 cm³/mol. The molecule has 0 bridgehead atoms. The molecule has 0 aliphatic rings. The van der Waals surface area contributed by atoms with Gasteiger partial charge in [0.2, 0.25) is 5.91 Å². The maximum atomic E-state index is 11.4. The van der Waals surface area contributed by atoms with Gasteiger partial charge in [0, 0.05) is 30.9 Å². The molecule has 1 amide bonds. The predicted octanol–water partition coefficient (Wildman–Crippen LogP) is 3.27. The first kappa shape index (κ1) is 13.6. The first-order valence-corrected chi connectivity index (χ1v) is 6.36. The molecule has 1 aromatic rings. The van der Waals surface area contributed by atoms with Gasteiger partial charge in [-0.2, -0.15) is 0 Å². The van der Waals surface area contributed by atoms with E-state index in [1.54, 1.807) is 0 Å². The number of amides is 1. The first-order chi connectivity index (χ1) is 8.21. The number of carbonyl (C=O) groups is 1. The van der Waals surface area contributed by atoms with Crippen molar-refractivity contribution in [2.24, 2.45) is 0 Å². The molecular weight excluding hydrogens is 212 g/mol. The molecule has 0 aliphatic carbocycles.